The van der Waals surface area contributed by atoms with Gasteiger partial charge in [-0.15, -0.1) is 0 Å². The Bertz CT molecular complexity index is 2730. The molecule has 1 fully saturated rings. The smallest absolute Gasteiger partial charge is 0.145 e. The van der Waals surface area contributed by atoms with Gasteiger partial charge < -0.3 is 15.5 Å². The van der Waals surface area contributed by atoms with Gasteiger partial charge in [-0.2, -0.15) is 0 Å². The molecule has 274 valence electrons. The van der Waals surface area contributed by atoms with E-state index in [4.69, 9.17) is 4.99 Å². The first-order valence-corrected chi connectivity index (χ1v) is 20.2. The topological polar surface area (TPSA) is 39.7 Å². The Morgan fingerprint density at radius 1 is 0.526 bits per heavy atom. The van der Waals surface area contributed by atoms with Crippen molar-refractivity contribution in [1.29, 1.82) is 0 Å². The van der Waals surface area contributed by atoms with Gasteiger partial charge in [0.1, 0.15) is 12.3 Å². The molecule has 5 aliphatic rings. The van der Waals surface area contributed by atoms with Crippen molar-refractivity contribution >= 4 is 22.7 Å². The minimum Gasteiger partial charge on any atom is -0.360 e. The van der Waals surface area contributed by atoms with Crippen molar-refractivity contribution in [1.82, 2.24) is 10.6 Å². The largest absolute Gasteiger partial charge is 0.360 e. The highest BCUT2D eigenvalue weighted by molar-refractivity contribution is 6.13. The molecule has 3 aliphatic heterocycles. The third-order valence-corrected chi connectivity index (χ3v) is 12.0. The van der Waals surface area contributed by atoms with Crippen LogP contribution in [0.5, 0.6) is 0 Å². The maximum atomic E-state index is 5.23. The van der Waals surface area contributed by atoms with E-state index < -0.39 is 0 Å². The number of nitrogens with zero attached hydrogens (tertiary/aromatic N) is 2. The third kappa shape index (κ3) is 5.96. The van der Waals surface area contributed by atoms with Crippen LogP contribution in [0.25, 0.3) is 33.5 Å². The Kier molecular flexibility index (Phi) is 8.20. The molecule has 0 spiro atoms. The summed E-state index contributed by atoms with van der Waals surface area (Å²) in [5.41, 5.74) is 21.1. The molecule has 0 radical (unpaired) electrons. The summed E-state index contributed by atoms with van der Waals surface area (Å²) in [7, 11) is 0. The molecule has 4 nitrogen and oxygen atoms in total. The average molecular weight is 735 g/mol. The normalized spacial score (nSPS) is 19.3. The molecule has 6 aromatic carbocycles. The van der Waals surface area contributed by atoms with E-state index in [1.165, 1.54) is 67.2 Å². The molecule has 2 unspecified atom stereocenters. The molecule has 0 saturated carbocycles. The number of fused-ring (bicyclic) bond motifs is 4. The third-order valence-electron chi connectivity index (χ3n) is 12.0. The van der Waals surface area contributed by atoms with Gasteiger partial charge in [-0.1, -0.05) is 158 Å². The van der Waals surface area contributed by atoms with E-state index in [1.54, 1.807) is 0 Å². The summed E-state index contributed by atoms with van der Waals surface area (Å²) < 4.78 is 0. The molecule has 3 heterocycles. The molecule has 6 aromatic rings. The quantitative estimate of drug-likeness (QED) is 0.179. The Morgan fingerprint density at radius 3 is 2.04 bits per heavy atom. The Labute approximate surface area is 334 Å². The zero-order valence-electron chi connectivity index (χ0n) is 31.7. The van der Waals surface area contributed by atoms with Crippen LogP contribution in [-0.4, -0.2) is 5.71 Å². The second-order valence-electron chi connectivity index (χ2n) is 15.4. The monoisotopic (exact) mass is 734 g/mol. The van der Waals surface area contributed by atoms with E-state index in [2.05, 4.69) is 198 Å². The van der Waals surface area contributed by atoms with E-state index in [0.717, 1.165) is 53.8 Å². The zero-order chi connectivity index (χ0) is 37.7. The molecule has 57 heavy (non-hydrogen) atoms. The first-order chi connectivity index (χ1) is 28.2. The summed E-state index contributed by atoms with van der Waals surface area (Å²) in [4.78, 5) is 7.81. The molecule has 2 N–H and O–H groups in total. The number of aliphatic imine (C=N–C) groups is 1. The number of hydrogen-bond acceptors (Lipinski definition) is 4. The summed E-state index contributed by atoms with van der Waals surface area (Å²) in [5, 5.41) is 7.70. The van der Waals surface area contributed by atoms with E-state index in [9.17, 15) is 0 Å². The zero-order valence-corrected chi connectivity index (χ0v) is 31.7. The molecule has 0 bridgehead atoms. The average Bonchev–Trinajstić information content (AvgIpc) is 3.64. The standard InChI is InChI=1S/C53H42N4/c1-3-14-36(15-4-1)48-34-49(37-16-5-2-6-17-37)55-52(54-48)42-21-12-20-41(33-42)40-19-11-18-39(32-40)35-28-30-38(31-29-35)53-56-47-26-13-25-46-44-23-8-7-22-43(44)45-24-9-10-27-50(45)57(53)51(46)47/h1-7,9-12,14-22,24,26-34,52-54,56H,8,13,23,25H2. The summed E-state index contributed by atoms with van der Waals surface area (Å²) >= 11 is 0. The van der Waals surface area contributed by atoms with Crippen molar-refractivity contribution in [3.05, 3.63) is 232 Å². The maximum Gasteiger partial charge on any atom is 0.145 e. The number of rotatable bonds is 6. The van der Waals surface area contributed by atoms with Gasteiger partial charge in [0.2, 0.25) is 0 Å². The lowest BCUT2D eigenvalue weighted by molar-refractivity contribution is 0.664. The van der Waals surface area contributed by atoms with Gasteiger partial charge in [-0.3, -0.25) is 4.99 Å². The molecule has 2 aliphatic carbocycles. The highest BCUT2D eigenvalue weighted by Crippen LogP contribution is 2.51. The molecule has 2 atom stereocenters. The van der Waals surface area contributed by atoms with Gasteiger partial charge >= 0.3 is 0 Å². The number of hydrogen-bond donors (Lipinski definition) is 2. The fourth-order valence-corrected chi connectivity index (χ4v) is 9.28. The van der Waals surface area contributed by atoms with Crippen molar-refractivity contribution in [2.45, 2.75) is 38.0 Å². The number of nitrogens with one attached hydrogen (secondary N) is 2. The van der Waals surface area contributed by atoms with Crippen LogP contribution in [0.2, 0.25) is 0 Å². The predicted octanol–water partition coefficient (Wildman–Crippen LogP) is 12.3. The Balaban J connectivity index is 0.898. The van der Waals surface area contributed by atoms with Crippen LogP contribution >= 0.6 is 0 Å². The van der Waals surface area contributed by atoms with Gasteiger partial charge in [0, 0.05) is 11.3 Å². The first kappa shape index (κ1) is 33.4. The molecule has 4 heteroatoms. The van der Waals surface area contributed by atoms with E-state index in [0.29, 0.717) is 0 Å². The van der Waals surface area contributed by atoms with E-state index in [-0.39, 0.29) is 12.3 Å². The van der Waals surface area contributed by atoms with Crippen molar-refractivity contribution in [3.8, 4) is 22.3 Å². The number of benzene rings is 6. The fourth-order valence-electron chi connectivity index (χ4n) is 9.28. The molecule has 0 amide bonds. The minimum absolute atomic E-state index is 0.0182. The van der Waals surface area contributed by atoms with Gasteiger partial charge in [0.25, 0.3) is 0 Å². The molecule has 11 rings (SSSR count). The predicted molar refractivity (Wildman–Crippen MR) is 235 cm³/mol. The Morgan fingerprint density at radius 2 is 1.21 bits per heavy atom. The highest BCUT2D eigenvalue weighted by atomic mass is 15.4. The minimum atomic E-state index is -0.222. The van der Waals surface area contributed by atoms with Crippen LogP contribution in [0.1, 0.15) is 65.8 Å². The van der Waals surface area contributed by atoms with Crippen LogP contribution in [0.15, 0.2) is 210 Å². The van der Waals surface area contributed by atoms with Crippen molar-refractivity contribution in [2.75, 3.05) is 4.90 Å². The number of allylic oxidation sites excluding steroid dienone is 7. The lowest BCUT2D eigenvalue weighted by Crippen LogP contribution is -2.27. The Hall–Kier alpha value is -6.91. The maximum absolute atomic E-state index is 5.23. The lowest BCUT2D eigenvalue weighted by Gasteiger charge is -2.29. The van der Waals surface area contributed by atoms with Crippen molar-refractivity contribution < 1.29 is 0 Å². The van der Waals surface area contributed by atoms with Crippen molar-refractivity contribution in [3.63, 3.8) is 0 Å². The molecule has 0 aromatic heterocycles. The molecular formula is C53H42N4. The van der Waals surface area contributed by atoms with Crippen LogP contribution in [0, 0.1) is 0 Å². The summed E-state index contributed by atoms with van der Waals surface area (Å²) in [6.07, 6.45) is 13.5. The van der Waals surface area contributed by atoms with Gasteiger partial charge in [0.15, 0.2) is 0 Å². The van der Waals surface area contributed by atoms with Gasteiger partial charge in [0.05, 0.1) is 22.8 Å². The summed E-state index contributed by atoms with van der Waals surface area (Å²) in [6, 6.07) is 56.9. The first-order valence-electron chi connectivity index (χ1n) is 20.2. The van der Waals surface area contributed by atoms with E-state index >= 15 is 0 Å². The van der Waals surface area contributed by atoms with Crippen molar-refractivity contribution in [2.24, 2.45) is 4.99 Å². The van der Waals surface area contributed by atoms with Crippen LogP contribution in [0.3, 0.4) is 0 Å². The van der Waals surface area contributed by atoms with Crippen LogP contribution in [-0.2, 0) is 0 Å². The SMILES string of the molecule is C1=CC2=C(CC1)C1=C3C(=CCC1)NC(c1ccc(-c4cccc(-c5cccc(C6N=C(c7ccccc7)C=C(c7ccccc7)N6)c5)c4)cc1)N3c1ccccc12. The summed E-state index contributed by atoms with van der Waals surface area (Å²) in [6.45, 7) is 0. The molecule has 1 saturated heterocycles. The van der Waals surface area contributed by atoms with Crippen LogP contribution in [0.4, 0.5) is 5.69 Å². The highest BCUT2D eigenvalue weighted by Gasteiger charge is 2.41. The number of anilines is 1. The summed E-state index contributed by atoms with van der Waals surface area (Å²) in [5.74, 6) is 0. The number of para-hydroxylation sites is 1. The lowest BCUT2D eigenvalue weighted by atomic mass is 9.84. The van der Waals surface area contributed by atoms with E-state index in [1.807, 2.05) is 0 Å². The second kappa shape index (κ2) is 14.0. The fraction of sp³-hybridized carbons (Fsp3) is 0.113. The van der Waals surface area contributed by atoms with Crippen LogP contribution < -0.4 is 15.5 Å². The molecular weight excluding hydrogens is 693 g/mol. The second-order valence-corrected chi connectivity index (χ2v) is 15.4. The van der Waals surface area contributed by atoms with Gasteiger partial charge in [-0.25, -0.2) is 0 Å². The van der Waals surface area contributed by atoms with Gasteiger partial charge in [-0.05, 0) is 111 Å².